The summed E-state index contributed by atoms with van der Waals surface area (Å²) < 4.78 is 11.9. The van der Waals surface area contributed by atoms with E-state index in [1.807, 2.05) is 13.0 Å². The van der Waals surface area contributed by atoms with Crippen molar-refractivity contribution < 1.29 is 13.9 Å². The first-order valence-corrected chi connectivity index (χ1v) is 7.31. The Hall–Kier alpha value is -2.67. The van der Waals surface area contributed by atoms with Crippen LogP contribution in [0.5, 0.6) is 0 Å². The Labute approximate surface area is 136 Å². The number of carbonyl (C=O) groups is 1. The number of H-pyrrole nitrogens is 1. The maximum absolute atomic E-state index is 12.6. The normalized spacial score (nSPS) is 10.9. The molecule has 0 saturated heterocycles. The molecule has 3 rings (SSSR count). The van der Waals surface area contributed by atoms with E-state index in [0.29, 0.717) is 22.2 Å². The molecule has 23 heavy (non-hydrogen) atoms. The molecule has 2 aromatic heterocycles. The molecular weight excluding hydrogens is 316 g/mol. The Balaban J connectivity index is 2.13. The number of carbonyl (C=O) groups excluding carboxylic acids is 1. The zero-order chi connectivity index (χ0) is 16.6. The van der Waals surface area contributed by atoms with E-state index in [4.69, 9.17) is 16.6 Å². The Kier molecular flexibility index (Phi) is 3.87. The van der Waals surface area contributed by atoms with Gasteiger partial charge in [0.1, 0.15) is 11.5 Å². The quantitative estimate of drug-likeness (QED) is 0.590. The lowest BCUT2D eigenvalue weighted by atomic mass is 10.1. The van der Waals surface area contributed by atoms with E-state index < -0.39 is 5.97 Å². The molecule has 0 aliphatic rings. The molecule has 0 unspecified atom stereocenters. The van der Waals surface area contributed by atoms with Crippen molar-refractivity contribution >= 4 is 29.1 Å². The molecule has 3 aromatic rings. The van der Waals surface area contributed by atoms with Gasteiger partial charge in [0.05, 0.1) is 30.1 Å². The van der Waals surface area contributed by atoms with Crippen LogP contribution in [0.25, 0.3) is 10.9 Å². The van der Waals surface area contributed by atoms with E-state index in [1.54, 1.807) is 24.3 Å². The Morgan fingerprint density at radius 2 is 2.13 bits per heavy atom. The smallest absolute Gasteiger partial charge is 0.337 e. The lowest BCUT2D eigenvalue weighted by Gasteiger charge is -2.07. The summed E-state index contributed by atoms with van der Waals surface area (Å²) in [7, 11) is 1.30. The molecule has 7 heteroatoms. The number of rotatable bonds is 3. The van der Waals surface area contributed by atoms with Crippen LogP contribution in [0.1, 0.15) is 21.9 Å². The summed E-state index contributed by atoms with van der Waals surface area (Å²) in [4.78, 5) is 27.2. The van der Waals surface area contributed by atoms with Crippen molar-refractivity contribution in [2.75, 3.05) is 7.11 Å². The number of esters is 1. The van der Waals surface area contributed by atoms with Crippen LogP contribution in [-0.4, -0.2) is 22.6 Å². The van der Waals surface area contributed by atoms with E-state index in [0.717, 1.165) is 5.76 Å². The highest BCUT2D eigenvalue weighted by Gasteiger charge is 2.11. The van der Waals surface area contributed by atoms with Crippen LogP contribution >= 0.6 is 12.2 Å². The summed E-state index contributed by atoms with van der Waals surface area (Å²) in [6.45, 7) is 2.08. The second kappa shape index (κ2) is 5.85. The first-order chi connectivity index (χ1) is 11.0. The van der Waals surface area contributed by atoms with Crippen molar-refractivity contribution in [2.24, 2.45) is 0 Å². The van der Waals surface area contributed by atoms with Crippen LogP contribution in [0.2, 0.25) is 0 Å². The maximum atomic E-state index is 12.6. The number of benzene rings is 1. The van der Waals surface area contributed by atoms with E-state index in [9.17, 15) is 9.59 Å². The van der Waals surface area contributed by atoms with E-state index >= 15 is 0 Å². The van der Waals surface area contributed by atoms with Gasteiger partial charge in [-0.1, -0.05) is 0 Å². The van der Waals surface area contributed by atoms with Crippen molar-refractivity contribution in [3.63, 3.8) is 0 Å². The Morgan fingerprint density at radius 3 is 2.78 bits per heavy atom. The molecule has 0 radical (unpaired) electrons. The lowest BCUT2D eigenvalue weighted by Crippen LogP contribution is -2.22. The molecular formula is C16H14N2O4S. The highest BCUT2D eigenvalue weighted by atomic mass is 32.1. The minimum Gasteiger partial charge on any atom is -0.465 e. The number of fused-ring (bicyclic) bond motifs is 1. The highest BCUT2D eigenvalue weighted by Crippen LogP contribution is 2.13. The van der Waals surface area contributed by atoms with Crippen molar-refractivity contribution in [3.05, 3.63) is 62.5 Å². The molecule has 1 aromatic carbocycles. The van der Waals surface area contributed by atoms with Crippen LogP contribution in [0.15, 0.2) is 39.5 Å². The first kappa shape index (κ1) is 15.2. The molecule has 0 spiro atoms. The van der Waals surface area contributed by atoms with E-state index in [2.05, 4.69) is 9.72 Å². The SMILES string of the molecule is COC(=O)c1ccc2c(=O)n(Cc3ccc(C)o3)c(=S)[nH]c2c1. The fraction of sp³-hybridized carbons (Fsp3) is 0.188. The fourth-order valence-electron chi connectivity index (χ4n) is 2.37. The van der Waals surface area contributed by atoms with Gasteiger partial charge >= 0.3 is 5.97 Å². The number of aromatic nitrogens is 2. The molecule has 118 valence electrons. The van der Waals surface area contributed by atoms with Crippen molar-refractivity contribution in [1.82, 2.24) is 9.55 Å². The molecule has 2 heterocycles. The molecule has 6 nitrogen and oxygen atoms in total. The van der Waals surface area contributed by atoms with Gasteiger partial charge < -0.3 is 14.1 Å². The number of aryl methyl sites for hydroxylation is 1. The van der Waals surface area contributed by atoms with E-state index in [-0.39, 0.29) is 16.9 Å². The standard InChI is InChI=1S/C16H14N2O4S/c1-9-3-5-11(22-9)8-18-14(19)12-6-4-10(15(20)21-2)7-13(12)17-16(18)23/h3-7H,8H2,1-2H3,(H,17,23). The molecule has 0 aliphatic carbocycles. The molecule has 1 N–H and O–H groups in total. The van der Waals surface area contributed by atoms with Gasteiger partial charge in [-0.3, -0.25) is 9.36 Å². The summed E-state index contributed by atoms with van der Waals surface area (Å²) >= 11 is 5.26. The molecule has 0 fully saturated rings. The van der Waals surface area contributed by atoms with Gasteiger partial charge in [0, 0.05) is 0 Å². The van der Waals surface area contributed by atoms with Gasteiger partial charge in [-0.25, -0.2) is 4.79 Å². The van der Waals surface area contributed by atoms with Gasteiger partial charge in [0.25, 0.3) is 5.56 Å². The third-order valence-corrected chi connectivity index (χ3v) is 3.84. The van der Waals surface area contributed by atoms with Gasteiger partial charge in [0.2, 0.25) is 0 Å². The fourth-order valence-corrected chi connectivity index (χ4v) is 2.63. The van der Waals surface area contributed by atoms with Crippen LogP contribution in [0, 0.1) is 11.7 Å². The number of ether oxygens (including phenoxy) is 1. The predicted molar refractivity (Wildman–Crippen MR) is 87.3 cm³/mol. The molecule has 0 atom stereocenters. The summed E-state index contributed by atoms with van der Waals surface area (Å²) in [6, 6.07) is 8.32. The largest absolute Gasteiger partial charge is 0.465 e. The number of nitrogens with zero attached hydrogens (tertiary/aromatic N) is 1. The maximum Gasteiger partial charge on any atom is 0.337 e. The van der Waals surface area contributed by atoms with Gasteiger partial charge in [-0.15, -0.1) is 0 Å². The number of methoxy groups -OCH3 is 1. The van der Waals surface area contributed by atoms with Gasteiger partial charge in [-0.2, -0.15) is 0 Å². The third kappa shape index (κ3) is 2.83. The topological polar surface area (TPSA) is 77.2 Å². The van der Waals surface area contributed by atoms with Crippen LogP contribution < -0.4 is 5.56 Å². The molecule has 0 bridgehead atoms. The van der Waals surface area contributed by atoms with Crippen LogP contribution in [0.4, 0.5) is 0 Å². The minimum atomic E-state index is -0.471. The predicted octanol–water partition coefficient (Wildman–Crippen LogP) is 2.80. The number of nitrogens with one attached hydrogen (secondary N) is 1. The average Bonchev–Trinajstić information content (AvgIpc) is 2.95. The first-order valence-electron chi connectivity index (χ1n) is 6.90. The molecule has 0 saturated carbocycles. The highest BCUT2D eigenvalue weighted by molar-refractivity contribution is 7.71. The molecule has 0 aliphatic heterocycles. The van der Waals surface area contributed by atoms with Crippen LogP contribution in [-0.2, 0) is 11.3 Å². The Bertz CT molecular complexity index is 1010. The Morgan fingerprint density at radius 1 is 1.35 bits per heavy atom. The molecule has 0 amide bonds. The number of furan rings is 1. The summed E-state index contributed by atoms with van der Waals surface area (Å²) in [5, 5.41) is 0.439. The average molecular weight is 330 g/mol. The monoisotopic (exact) mass is 330 g/mol. The number of aromatic amines is 1. The second-order valence-electron chi connectivity index (χ2n) is 5.09. The lowest BCUT2D eigenvalue weighted by molar-refractivity contribution is 0.0601. The zero-order valence-electron chi connectivity index (χ0n) is 12.6. The third-order valence-electron chi connectivity index (χ3n) is 3.51. The van der Waals surface area contributed by atoms with Crippen molar-refractivity contribution in [1.29, 1.82) is 0 Å². The second-order valence-corrected chi connectivity index (χ2v) is 5.47. The summed E-state index contributed by atoms with van der Waals surface area (Å²) in [6.07, 6.45) is 0. The van der Waals surface area contributed by atoms with Crippen molar-refractivity contribution in [2.45, 2.75) is 13.5 Å². The summed E-state index contributed by atoms with van der Waals surface area (Å²) in [5.74, 6) is 0.947. The number of hydrogen-bond acceptors (Lipinski definition) is 5. The summed E-state index contributed by atoms with van der Waals surface area (Å²) in [5.41, 5.74) is 0.605. The van der Waals surface area contributed by atoms with Crippen LogP contribution in [0.3, 0.4) is 0 Å². The van der Waals surface area contributed by atoms with Gasteiger partial charge in [0.15, 0.2) is 4.77 Å². The van der Waals surface area contributed by atoms with Crippen molar-refractivity contribution in [3.8, 4) is 0 Å². The number of hydrogen-bond donors (Lipinski definition) is 1. The van der Waals surface area contributed by atoms with E-state index in [1.165, 1.54) is 11.7 Å². The minimum absolute atomic E-state index is 0.241. The zero-order valence-corrected chi connectivity index (χ0v) is 13.4. The van der Waals surface area contributed by atoms with Gasteiger partial charge in [-0.05, 0) is 49.5 Å².